The van der Waals surface area contributed by atoms with E-state index in [1.165, 1.54) is 173 Å². The number of rotatable bonds is 73. The van der Waals surface area contributed by atoms with Gasteiger partial charge in [0.05, 0.1) is 13.2 Å². The summed E-state index contributed by atoms with van der Waals surface area (Å²) in [5.74, 6) is -2.97. The zero-order valence-corrected chi connectivity index (χ0v) is 71.3. The van der Waals surface area contributed by atoms with Crippen LogP contribution in [-0.4, -0.2) is 205 Å². The summed E-state index contributed by atoms with van der Waals surface area (Å²) in [5.41, 5.74) is 0. The van der Waals surface area contributed by atoms with Crippen LogP contribution in [-0.2, 0) is 70.7 Å². The minimum atomic E-state index is -5.80. The Hall–Kier alpha value is -2.79. The number of ether oxygens (including phenoxy) is 8. The highest BCUT2D eigenvalue weighted by Gasteiger charge is 2.60. The Kier molecular flexibility index (Phi) is 61.8. The van der Waals surface area contributed by atoms with Crippen LogP contribution < -0.4 is 0 Å². The third-order valence-corrected chi connectivity index (χ3v) is 23.3. The molecule has 1 aliphatic carbocycles. The number of carbonyl (C=O) groups is 4. The summed E-state index contributed by atoms with van der Waals surface area (Å²) in [6, 6.07) is 0. The Morgan fingerprint density at radius 3 is 1.06 bits per heavy atom. The number of hydrogen-bond donors (Lipinski definition) is 10. The van der Waals surface area contributed by atoms with Crippen molar-refractivity contribution in [2.45, 2.75) is 491 Å². The predicted molar refractivity (Wildman–Crippen MR) is 435 cm³/mol. The predicted octanol–water partition coefficient (Wildman–Crippen LogP) is 16.0. The van der Waals surface area contributed by atoms with Crippen LogP contribution in [0.2, 0.25) is 0 Å². The molecule has 113 heavy (non-hydrogen) atoms. The summed E-state index contributed by atoms with van der Waals surface area (Å²) < 4.78 is 73.3. The van der Waals surface area contributed by atoms with Crippen molar-refractivity contribution in [2.75, 3.05) is 26.4 Å². The fraction of sp³-hybridized carbons (Fsp3) is 0.931. The van der Waals surface area contributed by atoms with Crippen molar-refractivity contribution in [1.82, 2.24) is 0 Å². The van der Waals surface area contributed by atoms with Crippen LogP contribution in [0.25, 0.3) is 0 Å². The number of allylic oxidation sites excluding steroid dienone is 2. The Labute approximate surface area is 680 Å². The van der Waals surface area contributed by atoms with Gasteiger partial charge in [0.2, 0.25) is 0 Å². The topological polar surface area (TPSA) is 380 Å². The molecule has 2 aliphatic heterocycles. The van der Waals surface area contributed by atoms with Crippen LogP contribution in [0, 0.1) is 0 Å². The van der Waals surface area contributed by atoms with Crippen LogP contribution in [0.4, 0.5) is 0 Å². The van der Waals surface area contributed by atoms with Gasteiger partial charge < -0.3 is 88.7 Å². The second-order valence-electron chi connectivity index (χ2n) is 32.5. The van der Waals surface area contributed by atoms with Crippen molar-refractivity contribution >= 4 is 31.7 Å². The molecule has 26 heteroatoms. The molecule has 10 N–H and O–H groups in total. The van der Waals surface area contributed by atoms with Gasteiger partial charge in [-0.25, -0.2) is 4.57 Å². The van der Waals surface area contributed by atoms with Crippen molar-refractivity contribution in [3.63, 3.8) is 0 Å². The molecule has 3 fully saturated rings. The van der Waals surface area contributed by atoms with E-state index >= 15 is 0 Å². The highest BCUT2D eigenvalue weighted by Crippen LogP contribution is 2.49. The Morgan fingerprint density at radius 2 is 0.664 bits per heavy atom. The van der Waals surface area contributed by atoms with Crippen LogP contribution in [0.5, 0.6) is 0 Å². The first-order valence-electron chi connectivity index (χ1n) is 45.4. The minimum Gasteiger partial charge on any atom is -0.463 e. The first kappa shape index (κ1) is 104. The molecule has 18 unspecified atom stereocenters. The van der Waals surface area contributed by atoms with Gasteiger partial charge in [-0.1, -0.05) is 322 Å². The maximum absolute atomic E-state index is 14.9. The second kappa shape index (κ2) is 66.9. The average molecular weight is 1640 g/mol. The van der Waals surface area contributed by atoms with E-state index in [1.807, 2.05) is 0 Å². The summed E-state index contributed by atoms with van der Waals surface area (Å²) in [4.78, 5) is 66.3. The highest BCUT2D eigenvalue weighted by molar-refractivity contribution is 7.47. The molecule has 1 saturated carbocycles. The Balaban J connectivity index is 1.93. The van der Waals surface area contributed by atoms with Crippen molar-refractivity contribution in [3.8, 4) is 0 Å². The third-order valence-electron chi connectivity index (χ3n) is 22.3. The lowest BCUT2D eigenvalue weighted by molar-refractivity contribution is -0.360. The van der Waals surface area contributed by atoms with E-state index in [0.29, 0.717) is 32.1 Å². The number of unbranched alkanes of at least 4 members (excludes halogenated alkanes) is 47. The molecule has 0 bridgehead atoms. The minimum absolute atomic E-state index is 0.0168. The molecule has 664 valence electrons. The fourth-order valence-corrected chi connectivity index (χ4v) is 16.0. The number of aliphatic hydroxyl groups is 9. The normalized spacial score (nSPS) is 25.5. The highest BCUT2D eigenvalue weighted by atomic mass is 31.2. The Morgan fingerprint density at radius 1 is 0.345 bits per heavy atom. The molecular weight excluding hydrogens is 1480 g/mol. The second-order valence-corrected chi connectivity index (χ2v) is 33.9. The summed E-state index contributed by atoms with van der Waals surface area (Å²) in [7, 11) is -5.80. The number of esters is 4. The van der Waals surface area contributed by atoms with E-state index in [4.69, 9.17) is 46.9 Å². The zero-order chi connectivity index (χ0) is 82.5. The zero-order valence-electron chi connectivity index (χ0n) is 70.4. The fourth-order valence-electron chi connectivity index (χ4n) is 15.0. The maximum atomic E-state index is 14.9. The average Bonchev–Trinajstić information content (AvgIpc) is 0.754. The summed E-state index contributed by atoms with van der Waals surface area (Å²) in [6.45, 7) is 5.57. The lowest BCUT2D eigenvalue weighted by Crippen LogP contribution is -2.70. The van der Waals surface area contributed by atoms with Gasteiger partial charge in [0, 0.05) is 25.7 Å². The Bertz CT molecular complexity index is 2410. The molecular formula is C87H161O25P. The van der Waals surface area contributed by atoms with E-state index in [9.17, 15) is 74.6 Å². The van der Waals surface area contributed by atoms with E-state index < -0.39 is 162 Å². The van der Waals surface area contributed by atoms with Crippen LogP contribution in [0.3, 0.4) is 0 Å². The maximum Gasteiger partial charge on any atom is 0.472 e. The van der Waals surface area contributed by atoms with Gasteiger partial charge in [-0.3, -0.25) is 28.2 Å². The van der Waals surface area contributed by atoms with E-state index in [2.05, 4.69) is 39.8 Å². The van der Waals surface area contributed by atoms with Gasteiger partial charge in [-0.05, 0) is 51.4 Å². The van der Waals surface area contributed by atoms with Crippen LogP contribution in [0.15, 0.2) is 12.2 Å². The summed E-state index contributed by atoms with van der Waals surface area (Å²) in [5, 5.41) is 102. The van der Waals surface area contributed by atoms with Crippen molar-refractivity contribution in [3.05, 3.63) is 12.2 Å². The number of phosphoric ester groups is 1. The molecule has 2 saturated heterocycles. The van der Waals surface area contributed by atoms with Gasteiger partial charge in [0.1, 0.15) is 92.6 Å². The van der Waals surface area contributed by atoms with Gasteiger partial charge >= 0.3 is 31.7 Å². The van der Waals surface area contributed by atoms with Crippen molar-refractivity contribution < 1.29 is 122 Å². The molecule has 3 rings (SSSR count). The molecule has 3 aliphatic rings. The van der Waals surface area contributed by atoms with Gasteiger partial charge in [0.25, 0.3) is 0 Å². The first-order chi connectivity index (χ1) is 54.7. The monoisotopic (exact) mass is 1640 g/mol. The molecule has 0 radical (unpaired) electrons. The molecule has 2 heterocycles. The van der Waals surface area contributed by atoms with E-state index in [-0.39, 0.29) is 32.1 Å². The van der Waals surface area contributed by atoms with E-state index in [1.54, 1.807) is 0 Å². The number of aliphatic hydroxyl groups excluding tert-OH is 9. The van der Waals surface area contributed by atoms with Crippen molar-refractivity contribution in [2.24, 2.45) is 0 Å². The number of carbonyl (C=O) groups excluding carboxylic acids is 4. The lowest BCUT2D eigenvalue weighted by atomic mass is 9.84. The van der Waals surface area contributed by atoms with Crippen LogP contribution >= 0.6 is 7.82 Å². The molecule has 0 aromatic rings. The third kappa shape index (κ3) is 47.7. The van der Waals surface area contributed by atoms with Crippen molar-refractivity contribution in [1.29, 1.82) is 0 Å². The van der Waals surface area contributed by atoms with Gasteiger partial charge in [-0.15, -0.1) is 0 Å². The molecule has 25 nitrogen and oxygen atoms in total. The molecule has 0 spiro atoms. The van der Waals surface area contributed by atoms with Gasteiger partial charge in [-0.2, -0.15) is 0 Å². The molecule has 0 aromatic carbocycles. The standard InChI is InChI=1S/C87H161O25P/c1-5-9-13-17-21-25-29-33-34-38-42-45-49-53-57-61-72(91)106-67(64-103-70(89)59-55-51-47-43-39-35-30-26-22-18-14-10-6-2)65-105-113(101,102)112-85-83(110-86-80(99)76(95)74(93)68(63-88)107-86)79(98)78(97)82(109-73(92)62-58-54-50-46-41-37-32-28-24-20-16-12-8-4)84(85)111-87-81(100)77(96)75(94)69(108-87)66-104-71(90)60-56-52-48-44-40-36-31-27-23-19-15-11-7-3/h37,41,67-69,74-88,93-100H,5-36,38-40,42-66H2,1-4H3,(H,101,102)/b41-37-. The molecule has 0 amide bonds. The molecule has 0 aromatic heterocycles. The van der Waals surface area contributed by atoms with Gasteiger partial charge in [0.15, 0.2) is 24.8 Å². The number of hydrogen-bond acceptors (Lipinski definition) is 24. The first-order valence-corrected chi connectivity index (χ1v) is 46.9. The van der Waals surface area contributed by atoms with E-state index in [0.717, 1.165) is 122 Å². The molecule has 18 atom stereocenters. The smallest absolute Gasteiger partial charge is 0.463 e. The summed E-state index contributed by atoms with van der Waals surface area (Å²) >= 11 is 0. The quantitative estimate of drug-likeness (QED) is 0.00889. The lowest BCUT2D eigenvalue weighted by Gasteiger charge is -2.50. The largest absolute Gasteiger partial charge is 0.472 e. The van der Waals surface area contributed by atoms with Crippen LogP contribution in [0.1, 0.15) is 387 Å². The SMILES string of the molecule is CCCCCCCC/C=C\CCCCCC(=O)OC1C(O)C(O)C(OC2OC(CO)C(O)C(O)C2O)C(OP(=O)(O)OCC(COC(=O)CCCCCCCCCCCCCCC)OC(=O)CCCCCCCCCCCCCCCCC)C1OC1OC(COC(=O)CCCCCCCCCCCCCCC)C(O)C(O)C1O. The summed E-state index contributed by atoms with van der Waals surface area (Å²) in [6.07, 6.45) is 23.7. The number of phosphoric acid groups is 1.